The van der Waals surface area contributed by atoms with E-state index >= 15 is 0 Å². The molecule has 0 aliphatic heterocycles. The third-order valence-electron chi connectivity index (χ3n) is 2.00. The van der Waals surface area contributed by atoms with Crippen LogP contribution in [0.3, 0.4) is 0 Å². The zero-order valence-electron chi connectivity index (χ0n) is 9.03. The zero-order valence-corrected chi connectivity index (χ0v) is 9.03. The molecular weight excluding hydrogens is 188 g/mol. The molecule has 2 heteroatoms. The van der Waals surface area contributed by atoms with Crippen LogP contribution in [0.25, 0.3) is 0 Å². The van der Waals surface area contributed by atoms with Gasteiger partial charge >= 0.3 is 5.97 Å². The fourth-order valence-corrected chi connectivity index (χ4v) is 1.36. The van der Waals surface area contributed by atoms with Crippen molar-refractivity contribution in [1.29, 1.82) is 0 Å². The maximum atomic E-state index is 11.2. The van der Waals surface area contributed by atoms with Crippen molar-refractivity contribution in [2.24, 2.45) is 0 Å². The molecule has 80 valence electrons. The Morgan fingerprint density at radius 3 is 2.60 bits per heavy atom. The van der Waals surface area contributed by atoms with Gasteiger partial charge in [-0.3, -0.25) is 4.79 Å². The molecule has 0 spiro atoms. The second-order valence-corrected chi connectivity index (χ2v) is 3.39. The lowest BCUT2D eigenvalue weighted by molar-refractivity contribution is -0.142. The lowest BCUT2D eigenvalue weighted by atomic mass is 10.0. The molecule has 0 saturated heterocycles. The maximum Gasteiger partial charge on any atom is 0.309 e. The van der Waals surface area contributed by atoms with E-state index in [-0.39, 0.29) is 5.97 Å². The van der Waals surface area contributed by atoms with Crippen molar-refractivity contribution in [3.05, 3.63) is 48.0 Å². The molecule has 0 radical (unpaired) electrons. The van der Waals surface area contributed by atoms with E-state index in [0.717, 1.165) is 12.0 Å². The van der Waals surface area contributed by atoms with E-state index in [9.17, 15) is 4.79 Å². The van der Waals surface area contributed by atoms with Gasteiger partial charge < -0.3 is 4.74 Å². The van der Waals surface area contributed by atoms with Gasteiger partial charge in [0.15, 0.2) is 0 Å². The van der Waals surface area contributed by atoms with Crippen LogP contribution in [0.1, 0.15) is 18.9 Å². The predicted molar refractivity (Wildman–Crippen MR) is 60.5 cm³/mol. The van der Waals surface area contributed by atoms with Gasteiger partial charge in [-0.1, -0.05) is 42.5 Å². The summed E-state index contributed by atoms with van der Waals surface area (Å²) in [6.07, 6.45) is 1.04. The Balaban J connectivity index is 2.40. The second kappa shape index (κ2) is 6.02. The van der Waals surface area contributed by atoms with Crippen molar-refractivity contribution in [1.82, 2.24) is 0 Å². The lowest BCUT2D eigenvalue weighted by Crippen LogP contribution is -2.05. The van der Waals surface area contributed by atoms with Gasteiger partial charge in [-0.25, -0.2) is 0 Å². The monoisotopic (exact) mass is 204 g/mol. The first-order valence-electron chi connectivity index (χ1n) is 5.08. The average Bonchev–Trinajstić information content (AvgIpc) is 2.19. The molecule has 1 aromatic carbocycles. The molecular formula is C13H16O2. The van der Waals surface area contributed by atoms with Crippen LogP contribution < -0.4 is 0 Å². The first kappa shape index (κ1) is 11.5. The minimum Gasteiger partial charge on any atom is -0.466 e. The van der Waals surface area contributed by atoms with Gasteiger partial charge in [0.05, 0.1) is 13.0 Å². The average molecular weight is 204 g/mol. The van der Waals surface area contributed by atoms with E-state index < -0.39 is 0 Å². The Labute approximate surface area is 90.6 Å². The van der Waals surface area contributed by atoms with Gasteiger partial charge in [-0.2, -0.15) is 0 Å². The molecule has 1 aromatic rings. The Morgan fingerprint density at radius 2 is 2.00 bits per heavy atom. The third kappa shape index (κ3) is 4.45. The van der Waals surface area contributed by atoms with Crippen molar-refractivity contribution in [3.8, 4) is 0 Å². The highest BCUT2D eigenvalue weighted by molar-refractivity contribution is 5.72. The minimum atomic E-state index is -0.196. The standard InChI is InChI=1S/C13H16O2/c1-3-15-13(14)10-11(2)9-12-7-5-4-6-8-12/h4-8H,2-3,9-10H2,1H3. The van der Waals surface area contributed by atoms with E-state index in [1.54, 1.807) is 6.92 Å². The zero-order chi connectivity index (χ0) is 11.1. The van der Waals surface area contributed by atoms with E-state index in [1.165, 1.54) is 5.56 Å². The molecule has 0 unspecified atom stereocenters. The molecule has 0 saturated carbocycles. The van der Waals surface area contributed by atoms with Gasteiger partial charge in [0.1, 0.15) is 0 Å². The summed E-state index contributed by atoms with van der Waals surface area (Å²) in [5.74, 6) is -0.196. The summed E-state index contributed by atoms with van der Waals surface area (Å²) < 4.78 is 4.85. The minimum absolute atomic E-state index is 0.196. The summed E-state index contributed by atoms with van der Waals surface area (Å²) in [7, 11) is 0. The Bertz CT molecular complexity index is 328. The number of esters is 1. The molecule has 0 aliphatic rings. The molecule has 1 rings (SSSR count). The van der Waals surface area contributed by atoms with Crippen LogP contribution in [0.15, 0.2) is 42.5 Å². The smallest absolute Gasteiger partial charge is 0.309 e. The summed E-state index contributed by atoms with van der Waals surface area (Å²) >= 11 is 0. The molecule has 2 nitrogen and oxygen atoms in total. The first-order valence-corrected chi connectivity index (χ1v) is 5.08. The lowest BCUT2D eigenvalue weighted by Gasteiger charge is -2.05. The largest absolute Gasteiger partial charge is 0.466 e. The molecule has 0 fully saturated rings. The second-order valence-electron chi connectivity index (χ2n) is 3.39. The molecule has 0 N–H and O–H groups in total. The molecule has 0 amide bonds. The topological polar surface area (TPSA) is 26.3 Å². The van der Waals surface area contributed by atoms with Crippen molar-refractivity contribution in [2.75, 3.05) is 6.61 Å². The number of benzene rings is 1. The van der Waals surface area contributed by atoms with Crippen LogP contribution >= 0.6 is 0 Å². The first-order chi connectivity index (χ1) is 7.22. The summed E-state index contributed by atoms with van der Waals surface area (Å²) in [6.45, 7) is 6.10. The number of carbonyl (C=O) groups excluding carboxylic acids is 1. The van der Waals surface area contributed by atoms with Crippen molar-refractivity contribution in [3.63, 3.8) is 0 Å². The molecule has 0 heterocycles. The van der Waals surface area contributed by atoms with E-state index in [2.05, 4.69) is 6.58 Å². The highest BCUT2D eigenvalue weighted by Crippen LogP contribution is 2.09. The Kier molecular flexibility index (Phi) is 4.61. The van der Waals surface area contributed by atoms with Crippen molar-refractivity contribution >= 4 is 5.97 Å². The van der Waals surface area contributed by atoms with E-state index in [0.29, 0.717) is 13.0 Å². The van der Waals surface area contributed by atoms with Crippen molar-refractivity contribution < 1.29 is 9.53 Å². The summed E-state index contributed by atoms with van der Waals surface area (Å²) in [5, 5.41) is 0. The van der Waals surface area contributed by atoms with Crippen molar-refractivity contribution in [2.45, 2.75) is 19.8 Å². The number of carbonyl (C=O) groups is 1. The third-order valence-corrected chi connectivity index (χ3v) is 2.00. The highest BCUT2D eigenvalue weighted by atomic mass is 16.5. The highest BCUT2D eigenvalue weighted by Gasteiger charge is 2.05. The van der Waals surface area contributed by atoms with Crippen LogP contribution in [0.2, 0.25) is 0 Å². The Morgan fingerprint density at radius 1 is 1.33 bits per heavy atom. The van der Waals surface area contributed by atoms with Crippen LogP contribution in [0.5, 0.6) is 0 Å². The fourth-order valence-electron chi connectivity index (χ4n) is 1.36. The van der Waals surface area contributed by atoms with Gasteiger partial charge in [0.25, 0.3) is 0 Å². The van der Waals surface area contributed by atoms with Gasteiger partial charge in [-0.15, -0.1) is 0 Å². The number of hydrogen-bond acceptors (Lipinski definition) is 2. The van der Waals surface area contributed by atoms with Crippen LogP contribution in [0.4, 0.5) is 0 Å². The molecule has 15 heavy (non-hydrogen) atoms. The number of ether oxygens (including phenoxy) is 1. The van der Waals surface area contributed by atoms with Crippen LogP contribution in [0, 0.1) is 0 Å². The fraction of sp³-hybridized carbons (Fsp3) is 0.308. The quantitative estimate of drug-likeness (QED) is 0.544. The summed E-state index contributed by atoms with van der Waals surface area (Å²) in [5.41, 5.74) is 2.06. The predicted octanol–water partition coefficient (Wildman–Crippen LogP) is 2.74. The SMILES string of the molecule is C=C(CC(=O)OCC)Cc1ccccc1. The van der Waals surface area contributed by atoms with E-state index in [1.807, 2.05) is 30.3 Å². The summed E-state index contributed by atoms with van der Waals surface area (Å²) in [6, 6.07) is 9.98. The van der Waals surface area contributed by atoms with Gasteiger partial charge in [0, 0.05) is 0 Å². The molecule has 0 aliphatic carbocycles. The Hall–Kier alpha value is -1.57. The van der Waals surface area contributed by atoms with Gasteiger partial charge in [0.2, 0.25) is 0 Å². The molecule has 0 bridgehead atoms. The van der Waals surface area contributed by atoms with E-state index in [4.69, 9.17) is 4.74 Å². The normalized spacial score (nSPS) is 9.67. The maximum absolute atomic E-state index is 11.2. The molecule has 0 aromatic heterocycles. The van der Waals surface area contributed by atoms with Crippen LogP contribution in [-0.2, 0) is 16.0 Å². The van der Waals surface area contributed by atoms with Gasteiger partial charge in [-0.05, 0) is 18.9 Å². The molecule has 0 atom stereocenters. The summed E-state index contributed by atoms with van der Waals surface area (Å²) in [4.78, 5) is 11.2. The van der Waals surface area contributed by atoms with Crippen LogP contribution in [-0.4, -0.2) is 12.6 Å². The number of rotatable bonds is 5. The number of hydrogen-bond donors (Lipinski definition) is 0.